The highest BCUT2D eigenvalue weighted by Gasteiger charge is 2.13. The molecule has 1 aromatic carbocycles. The molecule has 0 heterocycles. The fourth-order valence-corrected chi connectivity index (χ4v) is 1.62. The summed E-state index contributed by atoms with van der Waals surface area (Å²) in [4.78, 5) is -0.0369. The van der Waals surface area contributed by atoms with Gasteiger partial charge in [0.1, 0.15) is 0 Å². The van der Waals surface area contributed by atoms with Gasteiger partial charge in [-0.3, -0.25) is 5.41 Å². The molecule has 1 aromatic rings. The molecule has 0 aliphatic carbocycles. The van der Waals surface area contributed by atoms with Crippen molar-refractivity contribution in [3.63, 3.8) is 0 Å². The monoisotopic (exact) mass is 198 g/mol. The van der Waals surface area contributed by atoms with Crippen molar-refractivity contribution in [1.29, 1.82) is 5.41 Å². The number of nitrogens with two attached hydrogens (primary N) is 1. The second kappa shape index (κ2) is 3.44. The molecule has 0 aromatic heterocycles. The van der Waals surface area contributed by atoms with Crippen LogP contribution < -0.4 is 10.5 Å². The molecule has 0 bridgehead atoms. The molecule has 13 heavy (non-hydrogen) atoms. The van der Waals surface area contributed by atoms with Crippen LogP contribution in [0.3, 0.4) is 0 Å². The highest BCUT2D eigenvalue weighted by atomic mass is 32.2. The lowest BCUT2D eigenvalue weighted by atomic mass is 10.4. The molecule has 0 saturated heterocycles. The molecule has 0 atom stereocenters. The fourth-order valence-electron chi connectivity index (χ4n) is 0.744. The third-order valence-corrected chi connectivity index (χ3v) is 2.54. The zero-order chi connectivity index (χ0) is 9.90. The van der Waals surface area contributed by atoms with Crippen molar-refractivity contribution in [2.75, 3.05) is 0 Å². The maximum atomic E-state index is 11.3. The summed E-state index contributed by atoms with van der Waals surface area (Å²) >= 11 is 0. The van der Waals surface area contributed by atoms with Crippen LogP contribution in [0.25, 0.3) is 0 Å². The topological polar surface area (TPSA) is 96.0 Å². The number of benzene rings is 1. The first-order chi connectivity index (χ1) is 6.02. The van der Waals surface area contributed by atoms with Crippen LogP contribution in [0, 0.1) is 11.5 Å². The number of hydrogen-bond donors (Lipinski definition) is 3. The maximum Gasteiger partial charge on any atom is 0.264 e. The van der Waals surface area contributed by atoms with Crippen molar-refractivity contribution < 1.29 is 8.42 Å². The highest BCUT2D eigenvalue weighted by Crippen LogP contribution is 2.05. The number of sulfonamides is 1. The molecule has 0 saturated carbocycles. The molecule has 0 aliphatic heterocycles. The SMILES string of the molecule is N=C(N)NS(=O)(=O)c1[c]cccc1. The molecule has 1 rings (SSSR count). The lowest BCUT2D eigenvalue weighted by Gasteiger charge is -2.04. The third kappa shape index (κ3) is 2.45. The van der Waals surface area contributed by atoms with Gasteiger partial charge < -0.3 is 5.73 Å². The lowest BCUT2D eigenvalue weighted by molar-refractivity contribution is 0.592. The first-order valence-electron chi connectivity index (χ1n) is 3.36. The quantitative estimate of drug-likeness (QED) is 0.448. The van der Waals surface area contributed by atoms with E-state index >= 15 is 0 Å². The first kappa shape index (κ1) is 9.53. The van der Waals surface area contributed by atoms with E-state index < -0.39 is 16.0 Å². The average molecular weight is 198 g/mol. The van der Waals surface area contributed by atoms with Gasteiger partial charge in [0.25, 0.3) is 10.0 Å². The predicted molar refractivity (Wildman–Crippen MR) is 47.5 cm³/mol. The largest absolute Gasteiger partial charge is 0.369 e. The van der Waals surface area contributed by atoms with Gasteiger partial charge in [0.05, 0.1) is 4.90 Å². The molecule has 0 unspecified atom stereocenters. The summed E-state index contributed by atoms with van der Waals surface area (Å²) in [5, 5.41) is 6.77. The number of guanidine groups is 1. The molecular weight excluding hydrogens is 190 g/mol. The van der Waals surface area contributed by atoms with Gasteiger partial charge in [-0.1, -0.05) is 18.2 Å². The fraction of sp³-hybridized carbons (Fsp3) is 0. The van der Waals surface area contributed by atoms with Crippen molar-refractivity contribution >= 4 is 16.0 Å². The molecule has 4 N–H and O–H groups in total. The number of nitrogens with one attached hydrogen (secondary N) is 2. The summed E-state index contributed by atoms with van der Waals surface area (Å²) in [6.45, 7) is 0. The summed E-state index contributed by atoms with van der Waals surface area (Å²) < 4.78 is 24.4. The number of hydrogen-bond acceptors (Lipinski definition) is 3. The van der Waals surface area contributed by atoms with Crippen LogP contribution in [0.2, 0.25) is 0 Å². The van der Waals surface area contributed by atoms with Gasteiger partial charge in [0.2, 0.25) is 0 Å². The normalized spacial score (nSPS) is 10.8. The van der Waals surface area contributed by atoms with E-state index in [-0.39, 0.29) is 4.90 Å². The Bertz CT molecular complexity index is 399. The van der Waals surface area contributed by atoms with Gasteiger partial charge in [-0.2, -0.15) is 0 Å². The van der Waals surface area contributed by atoms with Crippen LogP contribution in [-0.2, 0) is 10.0 Å². The van der Waals surface area contributed by atoms with Gasteiger partial charge in [0.15, 0.2) is 5.96 Å². The van der Waals surface area contributed by atoms with Crippen molar-refractivity contribution in [2.45, 2.75) is 4.90 Å². The van der Waals surface area contributed by atoms with E-state index in [2.05, 4.69) is 6.07 Å². The van der Waals surface area contributed by atoms with Crippen molar-refractivity contribution in [2.24, 2.45) is 5.73 Å². The van der Waals surface area contributed by atoms with Crippen LogP contribution in [0.4, 0.5) is 0 Å². The minimum atomic E-state index is -3.71. The average Bonchev–Trinajstić information content (AvgIpc) is 2.04. The summed E-state index contributed by atoms with van der Waals surface area (Å²) in [7, 11) is -3.71. The first-order valence-corrected chi connectivity index (χ1v) is 4.84. The van der Waals surface area contributed by atoms with E-state index in [1.165, 1.54) is 12.1 Å². The summed E-state index contributed by atoms with van der Waals surface area (Å²) in [6.07, 6.45) is 0. The molecule has 1 radical (unpaired) electrons. The van der Waals surface area contributed by atoms with E-state index in [9.17, 15) is 8.42 Å². The van der Waals surface area contributed by atoms with Crippen molar-refractivity contribution in [3.8, 4) is 0 Å². The molecule has 6 heteroatoms. The van der Waals surface area contributed by atoms with Gasteiger partial charge >= 0.3 is 0 Å². The Balaban J connectivity index is 3.02. The van der Waals surface area contributed by atoms with Gasteiger partial charge in [-0.25, -0.2) is 13.1 Å². The van der Waals surface area contributed by atoms with Crippen LogP contribution in [0.15, 0.2) is 29.2 Å². The molecule has 0 aliphatic rings. The molecule has 0 amide bonds. The van der Waals surface area contributed by atoms with Gasteiger partial charge in [0, 0.05) is 6.07 Å². The van der Waals surface area contributed by atoms with Crippen LogP contribution in [0.1, 0.15) is 0 Å². The van der Waals surface area contributed by atoms with Crippen LogP contribution in [-0.4, -0.2) is 14.4 Å². The third-order valence-electron chi connectivity index (χ3n) is 1.21. The highest BCUT2D eigenvalue weighted by molar-refractivity contribution is 7.90. The lowest BCUT2D eigenvalue weighted by Crippen LogP contribution is -2.35. The number of rotatable bonds is 2. The van der Waals surface area contributed by atoms with Gasteiger partial charge in [-0.15, -0.1) is 0 Å². The second-order valence-corrected chi connectivity index (χ2v) is 3.90. The van der Waals surface area contributed by atoms with E-state index in [1.807, 2.05) is 4.72 Å². The predicted octanol–water partition coefficient (Wildman–Crippen LogP) is -0.341. The second-order valence-electron chi connectivity index (χ2n) is 2.25. The maximum absolute atomic E-state index is 11.3. The van der Waals surface area contributed by atoms with Crippen LogP contribution in [0.5, 0.6) is 0 Å². The molecule has 5 nitrogen and oxygen atoms in total. The Morgan fingerprint density at radius 1 is 1.54 bits per heavy atom. The molecule has 69 valence electrons. The van der Waals surface area contributed by atoms with Crippen LogP contribution >= 0.6 is 0 Å². The Morgan fingerprint density at radius 2 is 2.23 bits per heavy atom. The Kier molecular flexibility index (Phi) is 2.52. The molecular formula is C7H8N3O2S. The Hall–Kier alpha value is -1.56. The minimum absolute atomic E-state index is 0.0369. The Morgan fingerprint density at radius 3 is 2.69 bits per heavy atom. The van der Waals surface area contributed by atoms with E-state index in [0.29, 0.717) is 0 Å². The molecule has 0 spiro atoms. The summed E-state index contributed by atoms with van der Waals surface area (Å²) in [5.74, 6) is -0.614. The summed E-state index contributed by atoms with van der Waals surface area (Å²) in [6, 6.07) is 8.55. The van der Waals surface area contributed by atoms with E-state index in [1.54, 1.807) is 12.1 Å². The standard InChI is InChI=1S/C7H8N3O2S/c8-7(9)10-13(11,12)6-4-2-1-3-5-6/h1-4H,(H4,8,9,10). The zero-order valence-corrected chi connectivity index (χ0v) is 7.43. The smallest absolute Gasteiger partial charge is 0.264 e. The van der Waals surface area contributed by atoms with Crippen molar-refractivity contribution in [1.82, 2.24) is 4.72 Å². The van der Waals surface area contributed by atoms with Gasteiger partial charge in [-0.05, 0) is 6.07 Å². The zero-order valence-electron chi connectivity index (χ0n) is 6.61. The molecule has 0 fully saturated rings. The van der Waals surface area contributed by atoms with E-state index in [0.717, 1.165) is 0 Å². The Labute approximate surface area is 76.1 Å². The summed E-state index contributed by atoms with van der Waals surface area (Å²) in [5.41, 5.74) is 4.90. The van der Waals surface area contributed by atoms with E-state index in [4.69, 9.17) is 11.1 Å². The minimum Gasteiger partial charge on any atom is -0.369 e. The van der Waals surface area contributed by atoms with Crippen molar-refractivity contribution in [3.05, 3.63) is 30.3 Å².